The Hall–Kier alpha value is -3.09. The number of halogens is 1. The van der Waals surface area contributed by atoms with Gasteiger partial charge in [0.15, 0.2) is 17.7 Å². The number of aryl methyl sites for hydroxylation is 1. The van der Waals surface area contributed by atoms with Gasteiger partial charge >= 0.3 is 0 Å². The molecule has 1 saturated carbocycles. The molecule has 2 heterocycles. The van der Waals surface area contributed by atoms with Crippen LogP contribution in [-0.4, -0.2) is 59.0 Å². The van der Waals surface area contributed by atoms with Gasteiger partial charge in [0, 0.05) is 31.6 Å². The number of carbonyl (C=O) groups is 2. The van der Waals surface area contributed by atoms with E-state index in [4.69, 9.17) is 4.74 Å². The molecule has 2 aromatic rings. The first kappa shape index (κ1) is 23.6. The van der Waals surface area contributed by atoms with Crippen molar-refractivity contribution in [3.05, 3.63) is 59.4 Å². The highest BCUT2D eigenvalue weighted by Gasteiger charge is 2.36. The SMILES string of the molecule is O=C(CN(C[C@@H](c1ccccc1)C1CCC1)C(=O)[C@H]1CCc2cc(F)c(O)cc2O1)N1CCCC1. The van der Waals surface area contributed by atoms with Gasteiger partial charge in [-0.3, -0.25) is 9.59 Å². The van der Waals surface area contributed by atoms with Crippen molar-refractivity contribution < 1.29 is 23.8 Å². The molecular formula is C28H33FN2O4. The Kier molecular flexibility index (Phi) is 6.93. The van der Waals surface area contributed by atoms with Crippen LogP contribution in [0.2, 0.25) is 0 Å². The van der Waals surface area contributed by atoms with Gasteiger partial charge in [-0.05, 0) is 61.6 Å². The Bertz CT molecular complexity index is 1070. The van der Waals surface area contributed by atoms with Crippen molar-refractivity contribution in [3.8, 4) is 11.5 Å². The number of likely N-dealkylation sites (tertiary alicyclic amines) is 1. The number of nitrogens with zero attached hydrogens (tertiary/aromatic N) is 2. The molecule has 5 rings (SSSR count). The molecule has 35 heavy (non-hydrogen) atoms. The van der Waals surface area contributed by atoms with Crippen molar-refractivity contribution in [1.29, 1.82) is 0 Å². The minimum absolute atomic E-state index is 0.0211. The fourth-order valence-electron chi connectivity index (χ4n) is 5.53. The quantitative estimate of drug-likeness (QED) is 0.643. The molecule has 1 aliphatic carbocycles. The molecular weight excluding hydrogens is 447 g/mol. The smallest absolute Gasteiger partial charge is 0.264 e. The monoisotopic (exact) mass is 480 g/mol. The van der Waals surface area contributed by atoms with Crippen molar-refractivity contribution >= 4 is 11.8 Å². The lowest BCUT2D eigenvalue weighted by Crippen LogP contribution is -2.50. The van der Waals surface area contributed by atoms with Crippen molar-refractivity contribution in [2.45, 2.75) is 57.0 Å². The maximum absolute atomic E-state index is 13.8. The number of rotatable bonds is 7. The van der Waals surface area contributed by atoms with Crippen molar-refractivity contribution in [1.82, 2.24) is 9.80 Å². The first-order chi connectivity index (χ1) is 17.0. The Morgan fingerprint density at radius 1 is 1.09 bits per heavy atom. The number of phenols is 1. The second-order valence-electron chi connectivity index (χ2n) is 10.1. The summed E-state index contributed by atoms with van der Waals surface area (Å²) in [5, 5.41) is 9.79. The minimum Gasteiger partial charge on any atom is -0.505 e. The number of carbonyl (C=O) groups excluding carboxylic acids is 2. The van der Waals surface area contributed by atoms with E-state index in [9.17, 15) is 19.1 Å². The summed E-state index contributed by atoms with van der Waals surface area (Å²) < 4.78 is 19.7. The molecule has 2 amide bonds. The second kappa shape index (κ2) is 10.3. The molecule has 0 bridgehead atoms. The van der Waals surface area contributed by atoms with E-state index < -0.39 is 17.7 Å². The van der Waals surface area contributed by atoms with Gasteiger partial charge in [-0.15, -0.1) is 0 Å². The molecule has 2 aliphatic heterocycles. The van der Waals surface area contributed by atoms with E-state index in [0.717, 1.165) is 38.8 Å². The van der Waals surface area contributed by atoms with Crippen LogP contribution in [0.25, 0.3) is 0 Å². The molecule has 7 heteroatoms. The fourth-order valence-corrected chi connectivity index (χ4v) is 5.53. The molecule has 2 fully saturated rings. The molecule has 2 atom stereocenters. The predicted octanol–water partition coefficient (Wildman–Crippen LogP) is 4.26. The molecule has 2 aromatic carbocycles. The van der Waals surface area contributed by atoms with Crippen LogP contribution in [0, 0.1) is 11.7 Å². The molecule has 0 radical (unpaired) electrons. The van der Waals surface area contributed by atoms with Crippen LogP contribution < -0.4 is 4.74 Å². The number of hydrogen-bond acceptors (Lipinski definition) is 4. The summed E-state index contributed by atoms with van der Waals surface area (Å²) >= 11 is 0. The first-order valence-electron chi connectivity index (χ1n) is 12.8. The lowest BCUT2D eigenvalue weighted by Gasteiger charge is -2.39. The van der Waals surface area contributed by atoms with Crippen LogP contribution in [0.4, 0.5) is 4.39 Å². The number of hydrogen-bond donors (Lipinski definition) is 1. The highest BCUT2D eigenvalue weighted by Crippen LogP contribution is 2.40. The van der Waals surface area contributed by atoms with Crippen LogP contribution in [0.1, 0.15) is 55.6 Å². The van der Waals surface area contributed by atoms with Gasteiger partial charge in [-0.25, -0.2) is 4.39 Å². The largest absolute Gasteiger partial charge is 0.505 e. The van der Waals surface area contributed by atoms with Gasteiger partial charge in [-0.2, -0.15) is 0 Å². The number of fused-ring (bicyclic) bond motifs is 1. The highest BCUT2D eigenvalue weighted by atomic mass is 19.1. The predicted molar refractivity (Wildman–Crippen MR) is 130 cm³/mol. The third-order valence-electron chi connectivity index (χ3n) is 7.81. The summed E-state index contributed by atoms with van der Waals surface area (Å²) in [6, 6.07) is 12.8. The van der Waals surface area contributed by atoms with Gasteiger partial charge < -0.3 is 19.6 Å². The average molecular weight is 481 g/mol. The Labute approximate surface area is 205 Å². The first-order valence-corrected chi connectivity index (χ1v) is 12.8. The van der Waals surface area contributed by atoms with Crippen LogP contribution in [0.3, 0.4) is 0 Å². The van der Waals surface area contributed by atoms with Gasteiger partial charge in [0.1, 0.15) is 5.75 Å². The van der Waals surface area contributed by atoms with Crippen LogP contribution in [-0.2, 0) is 16.0 Å². The molecule has 1 saturated heterocycles. The normalized spacial score (nSPS) is 20.5. The maximum atomic E-state index is 13.8. The Morgan fingerprint density at radius 3 is 2.51 bits per heavy atom. The second-order valence-corrected chi connectivity index (χ2v) is 10.1. The molecule has 3 aliphatic rings. The average Bonchev–Trinajstić information content (AvgIpc) is 3.38. The number of ether oxygens (including phenoxy) is 1. The van der Waals surface area contributed by atoms with E-state index >= 15 is 0 Å². The van der Waals surface area contributed by atoms with Crippen LogP contribution >= 0.6 is 0 Å². The maximum Gasteiger partial charge on any atom is 0.264 e. The molecule has 1 N–H and O–H groups in total. The van der Waals surface area contributed by atoms with Gasteiger partial charge in [0.05, 0.1) is 6.54 Å². The number of aromatic hydroxyl groups is 1. The topological polar surface area (TPSA) is 70.1 Å². The summed E-state index contributed by atoms with van der Waals surface area (Å²) in [5.41, 5.74) is 1.83. The zero-order valence-corrected chi connectivity index (χ0v) is 20.0. The standard InChI is InChI=1S/C28H33FN2O4/c29-23-15-21-11-12-25(35-26(21)16-24(23)32)28(34)31(18-27(33)30-13-4-5-14-30)17-22(20-9-6-10-20)19-7-2-1-3-8-19/h1-3,7-8,15-16,20,22,25,32H,4-6,9-14,17-18H2/t22-,25+/m0/s1. The number of amides is 2. The summed E-state index contributed by atoms with van der Waals surface area (Å²) in [6.45, 7) is 1.98. The fraction of sp³-hybridized carbons (Fsp3) is 0.500. The van der Waals surface area contributed by atoms with Crippen molar-refractivity contribution in [3.63, 3.8) is 0 Å². The van der Waals surface area contributed by atoms with Gasteiger partial charge in [0.2, 0.25) is 5.91 Å². The Morgan fingerprint density at radius 2 is 1.83 bits per heavy atom. The zero-order chi connectivity index (χ0) is 24.4. The van der Waals surface area contributed by atoms with E-state index in [2.05, 4.69) is 12.1 Å². The van der Waals surface area contributed by atoms with Crippen LogP contribution in [0.5, 0.6) is 11.5 Å². The van der Waals surface area contributed by atoms with Crippen LogP contribution in [0.15, 0.2) is 42.5 Å². The summed E-state index contributed by atoms with van der Waals surface area (Å²) in [4.78, 5) is 30.4. The third kappa shape index (κ3) is 5.14. The summed E-state index contributed by atoms with van der Waals surface area (Å²) in [7, 11) is 0. The third-order valence-corrected chi connectivity index (χ3v) is 7.81. The van der Waals surface area contributed by atoms with E-state index in [-0.39, 0.29) is 24.3 Å². The van der Waals surface area contributed by atoms with Gasteiger partial charge in [0.25, 0.3) is 5.91 Å². The molecule has 6 nitrogen and oxygen atoms in total. The van der Waals surface area contributed by atoms with Gasteiger partial charge in [-0.1, -0.05) is 36.8 Å². The molecule has 0 aromatic heterocycles. The summed E-state index contributed by atoms with van der Waals surface area (Å²) in [5.74, 6) is -0.442. The van der Waals surface area contributed by atoms with Crippen molar-refractivity contribution in [2.24, 2.45) is 5.92 Å². The number of phenolic OH excluding ortho intramolecular Hbond substituents is 1. The lowest BCUT2D eigenvalue weighted by atomic mass is 9.72. The van der Waals surface area contributed by atoms with Crippen molar-refractivity contribution in [2.75, 3.05) is 26.2 Å². The Balaban J connectivity index is 1.38. The minimum atomic E-state index is -0.767. The summed E-state index contributed by atoms with van der Waals surface area (Å²) in [6.07, 6.45) is 5.55. The van der Waals surface area contributed by atoms with E-state index in [1.165, 1.54) is 24.1 Å². The van der Waals surface area contributed by atoms with E-state index in [1.807, 2.05) is 23.1 Å². The van der Waals surface area contributed by atoms with E-state index in [1.54, 1.807) is 4.90 Å². The van der Waals surface area contributed by atoms with E-state index in [0.29, 0.717) is 36.6 Å². The number of benzene rings is 2. The molecule has 186 valence electrons. The zero-order valence-electron chi connectivity index (χ0n) is 20.0. The highest BCUT2D eigenvalue weighted by molar-refractivity contribution is 5.87. The molecule has 0 unspecified atom stereocenters. The molecule has 0 spiro atoms. The lowest BCUT2D eigenvalue weighted by molar-refractivity contribution is -0.145.